The number of halogens is 2. The van der Waals surface area contributed by atoms with Crippen molar-refractivity contribution in [3.05, 3.63) is 48.1 Å². The van der Waals surface area contributed by atoms with E-state index in [1.165, 1.54) is 12.1 Å². The van der Waals surface area contributed by atoms with Crippen molar-refractivity contribution in [3.8, 4) is 0 Å². The summed E-state index contributed by atoms with van der Waals surface area (Å²) in [5.41, 5.74) is 0.614. The predicted molar refractivity (Wildman–Crippen MR) is 57.5 cm³/mol. The van der Waals surface area contributed by atoms with Crippen LogP contribution in [-0.4, -0.2) is 6.04 Å². The molecule has 0 saturated heterocycles. The molecule has 0 fully saturated rings. The van der Waals surface area contributed by atoms with Crippen molar-refractivity contribution >= 4 is 0 Å². The van der Waals surface area contributed by atoms with Gasteiger partial charge in [0.1, 0.15) is 11.6 Å². The van der Waals surface area contributed by atoms with E-state index in [0.29, 0.717) is 12.1 Å². The van der Waals surface area contributed by atoms with E-state index in [1.807, 2.05) is 13.0 Å². The Bertz CT molecular complexity index is 316. The van der Waals surface area contributed by atoms with Gasteiger partial charge in [-0.15, -0.1) is 6.58 Å². The largest absolute Gasteiger partial charge is 0.310 e. The Hall–Kier alpha value is -1.22. The molecule has 0 aromatic heterocycles. The molecule has 1 N–H and O–H groups in total. The maximum atomic E-state index is 12.8. The average molecular weight is 211 g/mol. The Kier molecular flexibility index (Phi) is 4.43. The van der Waals surface area contributed by atoms with E-state index in [0.717, 1.165) is 12.5 Å². The lowest BCUT2D eigenvalue weighted by Gasteiger charge is -2.11. The molecule has 0 radical (unpaired) electrons. The molecule has 3 heteroatoms. The molecule has 15 heavy (non-hydrogen) atoms. The third kappa shape index (κ3) is 4.21. The fourth-order valence-corrected chi connectivity index (χ4v) is 1.34. The van der Waals surface area contributed by atoms with Crippen molar-refractivity contribution in [1.29, 1.82) is 0 Å². The summed E-state index contributed by atoms with van der Waals surface area (Å²) >= 11 is 0. The van der Waals surface area contributed by atoms with Crippen molar-refractivity contribution < 1.29 is 8.78 Å². The van der Waals surface area contributed by atoms with Crippen LogP contribution in [-0.2, 0) is 6.54 Å². The molecule has 1 nitrogen and oxygen atoms in total. The fraction of sp³-hybridized carbons (Fsp3) is 0.333. The molecule has 1 aromatic carbocycles. The van der Waals surface area contributed by atoms with Gasteiger partial charge in [0.2, 0.25) is 0 Å². The van der Waals surface area contributed by atoms with Crippen LogP contribution in [0, 0.1) is 11.6 Å². The highest BCUT2D eigenvalue weighted by molar-refractivity contribution is 5.17. The third-order valence-corrected chi connectivity index (χ3v) is 2.10. The van der Waals surface area contributed by atoms with Gasteiger partial charge >= 0.3 is 0 Å². The first-order valence-electron chi connectivity index (χ1n) is 4.91. The van der Waals surface area contributed by atoms with Crippen LogP contribution in [0.15, 0.2) is 30.9 Å². The van der Waals surface area contributed by atoms with Gasteiger partial charge < -0.3 is 5.32 Å². The van der Waals surface area contributed by atoms with Gasteiger partial charge in [-0.3, -0.25) is 0 Å². The Morgan fingerprint density at radius 1 is 1.33 bits per heavy atom. The van der Waals surface area contributed by atoms with Crippen molar-refractivity contribution in [2.45, 2.75) is 25.9 Å². The minimum absolute atomic E-state index is 0.258. The zero-order chi connectivity index (χ0) is 11.3. The van der Waals surface area contributed by atoms with Crippen molar-refractivity contribution in [2.24, 2.45) is 0 Å². The standard InChI is InChI=1S/C12H15F2N/c1-3-4-9(2)15-8-10-5-11(13)7-12(14)6-10/h3,5-7,9,15H,1,4,8H2,2H3. The van der Waals surface area contributed by atoms with Gasteiger partial charge in [0.15, 0.2) is 0 Å². The van der Waals surface area contributed by atoms with E-state index in [9.17, 15) is 8.78 Å². The van der Waals surface area contributed by atoms with Crippen LogP contribution in [0.4, 0.5) is 8.78 Å². The molecule has 1 unspecified atom stereocenters. The molecule has 0 saturated carbocycles. The van der Waals surface area contributed by atoms with Gasteiger partial charge in [-0.1, -0.05) is 6.08 Å². The third-order valence-electron chi connectivity index (χ3n) is 2.10. The number of benzene rings is 1. The van der Waals surface area contributed by atoms with E-state index in [2.05, 4.69) is 11.9 Å². The summed E-state index contributed by atoms with van der Waals surface area (Å²) < 4.78 is 25.6. The predicted octanol–water partition coefficient (Wildman–Crippen LogP) is 3.02. The molecule has 0 aliphatic heterocycles. The summed E-state index contributed by atoms with van der Waals surface area (Å²) in [6.07, 6.45) is 2.64. The molecule has 1 aromatic rings. The molecular weight excluding hydrogens is 196 g/mol. The van der Waals surface area contributed by atoms with Crippen molar-refractivity contribution in [2.75, 3.05) is 0 Å². The number of hydrogen-bond acceptors (Lipinski definition) is 1. The van der Waals surface area contributed by atoms with E-state index in [1.54, 1.807) is 0 Å². The van der Waals surface area contributed by atoms with Gasteiger partial charge in [-0.25, -0.2) is 8.78 Å². The maximum absolute atomic E-state index is 12.8. The summed E-state index contributed by atoms with van der Waals surface area (Å²) in [5, 5.41) is 3.15. The minimum Gasteiger partial charge on any atom is -0.310 e. The molecule has 1 atom stereocenters. The topological polar surface area (TPSA) is 12.0 Å². The molecule has 0 aliphatic rings. The van der Waals surface area contributed by atoms with Gasteiger partial charge in [0, 0.05) is 18.7 Å². The molecule has 0 heterocycles. The molecule has 1 rings (SSSR count). The summed E-state index contributed by atoms with van der Waals surface area (Å²) in [6.45, 7) is 6.08. The Morgan fingerprint density at radius 2 is 1.93 bits per heavy atom. The SMILES string of the molecule is C=CCC(C)NCc1cc(F)cc(F)c1. The molecule has 0 bridgehead atoms. The summed E-state index contributed by atoms with van der Waals surface area (Å²) in [4.78, 5) is 0. The highest BCUT2D eigenvalue weighted by Gasteiger charge is 2.02. The highest BCUT2D eigenvalue weighted by atomic mass is 19.1. The van der Waals surface area contributed by atoms with Crippen LogP contribution in [0.1, 0.15) is 18.9 Å². The smallest absolute Gasteiger partial charge is 0.126 e. The minimum atomic E-state index is -0.539. The van der Waals surface area contributed by atoms with E-state index in [4.69, 9.17) is 0 Å². The zero-order valence-corrected chi connectivity index (χ0v) is 8.76. The second-order valence-electron chi connectivity index (χ2n) is 3.58. The summed E-state index contributed by atoms with van der Waals surface area (Å²) in [5.74, 6) is -1.08. The quantitative estimate of drug-likeness (QED) is 0.738. The van der Waals surface area contributed by atoms with E-state index < -0.39 is 11.6 Å². The number of hydrogen-bond donors (Lipinski definition) is 1. The Labute approximate surface area is 88.8 Å². The first kappa shape index (κ1) is 11.9. The van der Waals surface area contributed by atoms with E-state index in [-0.39, 0.29) is 6.04 Å². The summed E-state index contributed by atoms with van der Waals surface area (Å²) in [6, 6.07) is 3.79. The van der Waals surface area contributed by atoms with Gasteiger partial charge in [0.05, 0.1) is 0 Å². The zero-order valence-electron chi connectivity index (χ0n) is 8.76. The van der Waals surface area contributed by atoms with Crippen LogP contribution in [0.3, 0.4) is 0 Å². The highest BCUT2D eigenvalue weighted by Crippen LogP contribution is 2.08. The van der Waals surface area contributed by atoms with Crippen LogP contribution >= 0.6 is 0 Å². The lowest BCUT2D eigenvalue weighted by molar-refractivity contribution is 0.541. The first-order valence-corrected chi connectivity index (χ1v) is 4.91. The van der Waals surface area contributed by atoms with Crippen LogP contribution in [0.25, 0.3) is 0 Å². The lowest BCUT2D eigenvalue weighted by Crippen LogP contribution is -2.24. The van der Waals surface area contributed by atoms with Gasteiger partial charge in [-0.05, 0) is 31.0 Å². The van der Waals surface area contributed by atoms with E-state index >= 15 is 0 Å². The van der Waals surface area contributed by atoms with Crippen LogP contribution < -0.4 is 5.32 Å². The average Bonchev–Trinajstić information content (AvgIpc) is 2.14. The normalized spacial score (nSPS) is 12.5. The fourth-order valence-electron chi connectivity index (χ4n) is 1.34. The molecule has 0 spiro atoms. The molecule has 82 valence electrons. The van der Waals surface area contributed by atoms with Crippen molar-refractivity contribution in [3.63, 3.8) is 0 Å². The lowest BCUT2D eigenvalue weighted by atomic mass is 10.2. The molecule has 0 aliphatic carbocycles. The van der Waals surface area contributed by atoms with Crippen LogP contribution in [0.2, 0.25) is 0 Å². The monoisotopic (exact) mass is 211 g/mol. The van der Waals surface area contributed by atoms with Crippen LogP contribution in [0.5, 0.6) is 0 Å². The summed E-state index contributed by atoms with van der Waals surface area (Å²) in [7, 11) is 0. The second-order valence-corrected chi connectivity index (χ2v) is 3.58. The van der Waals surface area contributed by atoms with Gasteiger partial charge in [-0.2, -0.15) is 0 Å². The molecular formula is C12H15F2N. The molecule has 0 amide bonds. The maximum Gasteiger partial charge on any atom is 0.126 e. The van der Waals surface area contributed by atoms with Crippen molar-refractivity contribution in [1.82, 2.24) is 5.32 Å². The first-order chi connectivity index (χ1) is 7.11. The second kappa shape index (κ2) is 5.61. The Balaban J connectivity index is 2.53. The number of nitrogens with one attached hydrogen (secondary N) is 1. The van der Waals surface area contributed by atoms with Gasteiger partial charge in [0.25, 0.3) is 0 Å². The number of rotatable bonds is 5. The Morgan fingerprint density at radius 3 is 2.47 bits per heavy atom.